The lowest BCUT2D eigenvalue weighted by molar-refractivity contribution is -0.135. The molecule has 2 aromatic rings. The van der Waals surface area contributed by atoms with E-state index < -0.39 is 0 Å². The van der Waals surface area contributed by atoms with Gasteiger partial charge in [-0.25, -0.2) is 4.98 Å². The van der Waals surface area contributed by atoms with Gasteiger partial charge in [0, 0.05) is 17.3 Å². The molecule has 5 heteroatoms. The second-order valence-electron chi connectivity index (χ2n) is 7.20. The molecule has 1 aliphatic rings. The molecule has 0 aliphatic heterocycles. The predicted octanol–water partition coefficient (Wildman–Crippen LogP) is 4.49. The number of carbonyl (C=O) groups is 1. The average Bonchev–Trinajstić information content (AvgIpc) is 3.28. The molecule has 4 nitrogen and oxygen atoms in total. The summed E-state index contributed by atoms with van der Waals surface area (Å²) < 4.78 is 5.88. The maximum Gasteiger partial charge on any atom is 0.225 e. The van der Waals surface area contributed by atoms with Crippen LogP contribution in [0.5, 0.6) is 5.75 Å². The first-order chi connectivity index (χ1) is 11.9. The molecule has 0 unspecified atom stereocenters. The molecule has 0 spiro atoms. The molecule has 1 aliphatic carbocycles. The summed E-state index contributed by atoms with van der Waals surface area (Å²) in [6.45, 7) is 9.14. The van der Waals surface area contributed by atoms with E-state index in [1.807, 2.05) is 36.3 Å². The van der Waals surface area contributed by atoms with E-state index in [1.54, 1.807) is 11.3 Å². The Morgan fingerprint density at radius 2 is 1.96 bits per heavy atom. The third kappa shape index (κ3) is 4.82. The summed E-state index contributed by atoms with van der Waals surface area (Å²) in [5.74, 6) is 1.14. The van der Waals surface area contributed by atoms with Crippen LogP contribution in [0.4, 0.5) is 0 Å². The van der Waals surface area contributed by atoms with Gasteiger partial charge < -0.3 is 9.64 Å². The van der Waals surface area contributed by atoms with Crippen LogP contribution in [-0.4, -0.2) is 21.8 Å². The lowest BCUT2D eigenvalue weighted by atomic mass is 10.1. The van der Waals surface area contributed by atoms with Crippen LogP contribution in [0.25, 0.3) is 0 Å². The van der Waals surface area contributed by atoms with Crippen molar-refractivity contribution in [3.8, 4) is 5.75 Å². The van der Waals surface area contributed by atoms with Crippen molar-refractivity contribution in [3.63, 3.8) is 0 Å². The standard InChI is InChI=1S/C20H26N2O2S/c1-13(2)20(23)22(17-5-6-17)10-16-12-25-19(21-16)11-24-18-8-14(3)7-15(4)9-18/h7-9,12-13,17H,5-6,10-11H2,1-4H3. The van der Waals surface area contributed by atoms with E-state index in [0.29, 0.717) is 19.2 Å². The Morgan fingerprint density at radius 1 is 1.28 bits per heavy atom. The maximum absolute atomic E-state index is 12.4. The Kier molecular flexibility index (Phi) is 5.42. The minimum atomic E-state index is 0.0339. The minimum Gasteiger partial charge on any atom is -0.486 e. The second-order valence-corrected chi connectivity index (χ2v) is 8.14. The molecule has 0 saturated heterocycles. The normalized spacial score (nSPS) is 14.0. The Balaban J connectivity index is 1.61. The van der Waals surface area contributed by atoms with Gasteiger partial charge in [-0.3, -0.25) is 4.79 Å². The number of aryl methyl sites for hydroxylation is 2. The summed E-state index contributed by atoms with van der Waals surface area (Å²) in [7, 11) is 0. The monoisotopic (exact) mass is 358 g/mol. The zero-order valence-electron chi connectivity index (χ0n) is 15.4. The van der Waals surface area contributed by atoms with Gasteiger partial charge in [0.1, 0.15) is 17.4 Å². The van der Waals surface area contributed by atoms with E-state index >= 15 is 0 Å². The Morgan fingerprint density at radius 3 is 2.56 bits per heavy atom. The molecule has 1 fully saturated rings. The molecule has 1 aromatic carbocycles. The fraction of sp³-hybridized carbons (Fsp3) is 0.500. The van der Waals surface area contributed by atoms with E-state index in [-0.39, 0.29) is 11.8 Å². The van der Waals surface area contributed by atoms with E-state index in [0.717, 1.165) is 29.3 Å². The number of amides is 1. The summed E-state index contributed by atoms with van der Waals surface area (Å²) in [6, 6.07) is 6.62. The lowest BCUT2D eigenvalue weighted by Crippen LogP contribution is -2.35. The Labute approximate surface area is 153 Å². The highest BCUT2D eigenvalue weighted by atomic mass is 32.1. The Bertz CT molecular complexity index is 730. The number of benzene rings is 1. The number of hydrogen-bond acceptors (Lipinski definition) is 4. The summed E-state index contributed by atoms with van der Waals surface area (Å²) >= 11 is 1.60. The van der Waals surface area contributed by atoms with Crippen LogP contribution in [0.1, 0.15) is 48.5 Å². The molecule has 3 rings (SSSR count). The summed E-state index contributed by atoms with van der Waals surface area (Å²) in [5.41, 5.74) is 3.36. The van der Waals surface area contributed by atoms with Crippen LogP contribution >= 0.6 is 11.3 Å². The number of rotatable bonds is 7. The molecule has 0 N–H and O–H groups in total. The van der Waals surface area contributed by atoms with Crippen LogP contribution in [0.15, 0.2) is 23.6 Å². The van der Waals surface area contributed by atoms with Gasteiger partial charge in [0.15, 0.2) is 0 Å². The number of hydrogen-bond donors (Lipinski definition) is 0. The van der Waals surface area contributed by atoms with Crippen molar-refractivity contribution >= 4 is 17.2 Å². The third-order valence-corrected chi connectivity index (χ3v) is 5.12. The molecule has 0 atom stereocenters. The van der Waals surface area contributed by atoms with E-state index in [4.69, 9.17) is 4.74 Å². The third-order valence-electron chi connectivity index (χ3n) is 4.25. The van der Waals surface area contributed by atoms with Crippen molar-refractivity contribution in [2.45, 2.75) is 59.7 Å². The van der Waals surface area contributed by atoms with Gasteiger partial charge in [0.2, 0.25) is 5.91 Å². The summed E-state index contributed by atoms with van der Waals surface area (Å²) in [4.78, 5) is 19.0. The minimum absolute atomic E-state index is 0.0339. The van der Waals surface area contributed by atoms with Gasteiger partial charge in [-0.2, -0.15) is 0 Å². The van der Waals surface area contributed by atoms with Crippen molar-refractivity contribution in [1.29, 1.82) is 0 Å². The van der Waals surface area contributed by atoms with Crippen LogP contribution in [-0.2, 0) is 17.9 Å². The van der Waals surface area contributed by atoms with Crippen molar-refractivity contribution < 1.29 is 9.53 Å². The first kappa shape index (κ1) is 17.9. The molecule has 0 bridgehead atoms. The van der Waals surface area contributed by atoms with E-state index in [2.05, 4.69) is 24.9 Å². The van der Waals surface area contributed by atoms with Gasteiger partial charge in [-0.05, 0) is 49.9 Å². The van der Waals surface area contributed by atoms with Crippen LogP contribution in [0.3, 0.4) is 0 Å². The van der Waals surface area contributed by atoms with Crippen LogP contribution in [0.2, 0.25) is 0 Å². The first-order valence-corrected chi connectivity index (χ1v) is 9.75. The number of ether oxygens (including phenoxy) is 1. The van der Waals surface area contributed by atoms with Crippen LogP contribution in [0, 0.1) is 19.8 Å². The summed E-state index contributed by atoms with van der Waals surface area (Å²) in [6.07, 6.45) is 2.23. The zero-order valence-corrected chi connectivity index (χ0v) is 16.2. The molecule has 1 heterocycles. The molecule has 25 heavy (non-hydrogen) atoms. The molecular weight excluding hydrogens is 332 g/mol. The fourth-order valence-electron chi connectivity index (χ4n) is 2.93. The van der Waals surface area contributed by atoms with Gasteiger partial charge in [-0.15, -0.1) is 11.3 Å². The fourth-order valence-corrected chi connectivity index (χ4v) is 3.62. The van der Waals surface area contributed by atoms with Gasteiger partial charge in [0.25, 0.3) is 0 Å². The highest BCUT2D eigenvalue weighted by molar-refractivity contribution is 7.09. The number of aromatic nitrogens is 1. The van der Waals surface area contributed by atoms with E-state index in [1.165, 1.54) is 11.1 Å². The lowest BCUT2D eigenvalue weighted by Gasteiger charge is -2.23. The van der Waals surface area contributed by atoms with Crippen molar-refractivity contribution in [3.05, 3.63) is 45.4 Å². The van der Waals surface area contributed by atoms with Gasteiger partial charge in [-0.1, -0.05) is 19.9 Å². The van der Waals surface area contributed by atoms with Gasteiger partial charge >= 0.3 is 0 Å². The van der Waals surface area contributed by atoms with Crippen molar-refractivity contribution in [2.24, 2.45) is 5.92 Å². The SMILES string of the molecule is Cc1cc(C)cc(OCc2nc(CN(C(=O)C(C)C)C3CC3)cs2)c1. The number of nitrogens with zero attached hydrogens (tertiary/aromatic N) is 2. The molecular formula is C20H26N2O2S. The van der Waals surface area contributed by atoms with Crippen LogP contribution < -0.4 is 4.74 Å². The van der Waals surface area contributed by atoms with Gasteiger partial charge in [0.05, 0.1) is 12.2 Å². The van der Waals surface area contributed by atoms with Crippen molar-refractivity contribution in [2.75, 3.05) is 0 Å². The quantitative estimate of drug-likeness (QED) is 0.732. The topological polar surface area (TPSA) is 42.4 Å². The maximum atomic E-state index is 12.4. The molecule has 1 saturated carbocycles. The predicted molar refractivity (Wildman–Crippen MR) is 101 cm³/mol. The smallest absolute Gasteiger partial charge is 0.225 e. The molecule has 134 valence electrons. The second kappa shape index (κ2) is 7.56. The first-order valence-electron chi connectivity index (χ1n) is 8.87. The molecule has 1 aromatic heterocycles. The van der Waals surface area contributed by atoms with E-state index in [9.17, 15) is 4.79 Å². The molecule has 1 amide bonds. The Hall–Kier alpha value is -1.88. The number of carbonyl (C=O) groups excluding carboxylic acids is 1. The number of thiazole rings is 1. The zero-order chi connectivity index (χ0) is 18.0. The average molecular weight is 359 g/mol. The summed E-state index contributed by atoms with van der Waals surface area (Å²) in [5, 5.41) is 2.99. The highest BCUT2D eigenvalue weighted by Gasteiger charge is 2.33. The highest BCUT2D eigenvalue weighted by Crippen LogP contribution is 2.30. The largest absolute Gasteiger partial charge is 0.486 e. The molecule has 0 radical (unpaired) electrons. The van der Waals surface area contributed by atoms with Crippen molar-refractivity contribution in [1.82, 2.24) is 9.88 Å².